The summed E-state index contributed by atoms with van der Waals surface area (Å²) in [7, 11) is 0. The molecule has 2 N–H and O–H groups in total. The van der Waals surface area contributed by atoms with E-state index in [4.69, 9.17) is 10.2 Å². The molecule has 4 nitrogen and oxygen atoms in total. The van der Waals surface area contributed by atoms with Crippen LogP contribution < -0.4 is 0 Å². The molecule has 0 heterocycles. The highest BCUT2D eigenvalue weighted by Crippen LogP contribution is 2.31. The minimum atomic E-state index is -0.681. The number of carboxylic acids is 2. The van der Waals surface area contributed by atoms with E-state index in [0.717, 1.165) is 25.7 Å². The van der Waals surface area contributed by atoms with Crippen molar-refractivity contribution >= 4 is 11.9 Å². The quantitative estimate of drug-likeness (QED) is 0.151. The molecule has 0 aliphatic rings. The Bertz CT molecular complexity index is 482. The fourth-order valence-corrected chi connectivity index (χ4v) is 4.65. The van der Waals surface area contributed by atoms with Gasteiger partial charge in [0.25, 0.3) is 0 Å². The van der Waals surface area contributed by atoms with Gasteiger partial charge in [0.1, 0.15) is 0 Å². The van der Waals surface area contributed by atoms with Gasteiger partial charge in [-0.1, -0.05) is 118 Å². The fourth-order valence-electron chi connectivity index (χ4n) is 4.65. The van der Waals surface area contributed by atoms with Crippen LogP contribution in [0.25, 0.3) is 0 Å². The molecule has 0 saturated carbocycles. The molecule has 190 valence electrons. The lowest BCUT2D eigenvalue weighted by Gasteiger charge is -2.24. The number of hydrogen-bond donors (Lipinski definition) is 2. The Morgan fingerprint density at radius 2 is 0.781 bits per heavy atom. The van der Waals surface area contributed by atoms with Crippen LogP contribution in [0.3, 0.4) is 0 Å². The summed E-state index contributed by atoms with van der Waals surface area (Å²) in [4.78, 5) is 21.3. The molecule has 0 saturated heterocycles. The smallest absolute Gasteiger partial charge is 0.303 e. The van der Waals surface area contributed by atoms with E-state index in [-0.39, 0.29) is 11.8 Å². The highest BCUT2D eigenvalue weighted by atomic mass is 16.4. The highest BCUT2D eigenvalue weighted by Gasteiger charge is 2.21. The van der Waals surface area contributed by atoms with E-state index in [9.17, 15) is 9.59 Å². The Labute approximate surface area is 199 Å². The van der Waals surface area contributed by atoms with Crippen molar-refractivity contribution in [1.29, 1.82) is 0 Å². The van der Waals surface area contributed by atoms with Crippen LogP contribution in [0.5, 0.6) is 0 Å². The number of aliphatic carboxylic acids is 2. The Kier molecular flexibility index (Phi) is 17.8. The SMILES string of the molecule is CC(C)(CCCCCCCCCCCC(=O)O)CCCCCCCCC(C)(C)CC(=O)O. The van der Waals surface area contributed by atoms with Crippen LogP contribution in [-0.4, -0.2) is 22.2 Å². The third-order valence-electron chi connectivity index (χ3n) is 6.83. The van der Waals surface area contributed by atoms with Crippen LogP contribution in [-0.2, 0) is 9.59 Å². The van der Waals surface area contributed by atoms with Crippen molar-refractivity contribution in [1.82, 2.24) is 0 Å². The van der Waals surface area contributed by atoms with E-state index in [1.807, 2.05) is 0 Å². The second kappa shape index (κ2) is 18.4. The van der Waals surface area contributed by atoms with Crippen molar-refractivity contribution in [3.63, 3.8) is 0 Å². The number of carbonyl (C=O) groups is 2. The molecule has 0 aromatic rings. The average molecular weight is 455 g/mol. The van der Waals surface area contributed by atoms with Crippen LogP contribution in [0.1, 0.15) is 156 Å². The van der Waals surface area contributed by atoms with Crippen LogP contribution in [0.2, 0.25) is 0 Å². The molecule has 0 unspecified atom stereocenters. The van der Waals surface area contributed by atoms with Crippen LogP contribution >= 0.6 is 0 Å². The molecule has 0 aromatic heterocycles. The minimum absolute atomic E-state index is 0.0703. The minimum Gasteiger partial charge on any atom is -0.481 e. The first kappa shape index (κ1) is 30.9. The highest BCUT2D eigenvalue weighted by molar-refractivity contribution is 5.67. The van der Waals surface area contributed by atoms with Gasteiger partial charge in [-0.25, -0.2) is 0 Å². The maximum absolute atomic E-state index is 10.9. The molecule has 0 rings (SSSR count). The normalized spacial score (nSPS) is 12.2. The Hall–Kier alpha value is -1.06. The predicted molar refractivity (Wildman–Crippen MR) is 135 cm³/mol. The lowest BCUT2D eigenvalue weighted by Crippen LogP contribution is -2.16. The molecule has 0 aliphatic heterocycles. The van der Waals surface area contributed by atoms with Crippen molar-refractivity contribution in [2.24, 2.45) is 10.8 Å². The first-order valence-electron chi connectivity index (χ1n) is 13.5. The zero-order valence-electron chi connectivity index (χ0n) is 21.9. The molecule has 0 amide bonds. The van der Waals surface area contributed by atoms with Gasteiger partial charge in [-0.05, 0) is 36.5 Å². The van der Waals surface area contributed by atoms with Crippen LogP contribution in [0, 0.1) is 10.8 Å². The topological polar surface area (TPSA) is 74.6 Å². The molecule has 0 spiro atoms. The van der Waals surface area contributed by atoms with Gasteiger partial charge in [-0.15, -0.1) is 0 Å². The van der Waals surface area contributed by atoms with E-state index in [2.05, 4.69) is 27.7 Å². The third kappa shape index (κ3) is 22.1. The zero-order chi connectivity index (χ0) is 24.3. The van der Waals surface area contributed by atoms with E-state index >= 15 is 0 Å². The molecule has 0 bridgehead atoms. The molecule has 0 atom stereocenters. The van der Waals surface area contributed by atoms with E-state index in [1.54, 1.807) is 0 Å². The summed E-state index contributed by atoms with van der Waals surface area (Å²) >= 11 is 0. The van der Waals surface area contributed by atoms with Gasteiger partial charge in [-0.3, -0.25) is 9.59 Å². The number of unbranched alkanes of at least 4 members (excludes halogenated alkanes) is 13. The van der Waals surface area contributed by atoms with Gasteiger partial charge in [0, 0.05) is 6.42 Å². The molecular weight excluding hydrogens is 400 g/mol. The number of hydrogen-bond acceptors (Lipinski definition) is 2. The van der Waals surface area contributed by atoms with Crippen LogP contribution in [0.15, 0.2) is 0 Å². The van der Waals surface area contributed by atoms with E-state index < -0.39 is 11.9 Å². The lowest BCUT2D eigenvalue weighted by atomic mass is 9.81. The summed E-state index contributed by atoms with van der Waals surface area (Å²) in [5.41, 5.74) is 0.393. The third-order valence-corrected chi connectivity index (χ3v) is 6.83. The number of carboxylic acid groups (broad SMARTS) is 2. The number of rotatable bonds is 23. The summed E-state index contributed by atoms with van der Waals surface area (Å²) < 4.78 is 0. The molecule has 0 aliphatic carbocycles. The molecular formula is C28H54O4. The summed E-state index contributed by atoms with van der Waals surface area (Å²) in [5, 5.41) is 17.6. The maximum Gasteiger partial charge on any atom is 0.303 e. The van der Waals surface area contributed by atoms with Crippen molar-refractivity contribution < 1.29 is 19.8 Å². The van der Waals surface area contributed by atoms with Crippen molar-refractivity contribution in [3.05, 3.63) is 0 Å². The van der Waals surface area contributed by atoms with Gasteiger partial charge in [0.05, 0.1) is 6.42 Å². The molecule has 0 radical (unpaired) electrons. The molecule has 4 heteroatoms. The van der Waals surface area contributed by atoms with E-state index in [0.29, 0.717) is 11.8 Å². The Morgan fingerprint density at radius 1 is 0.469 bits per heavy atom. The van der Waals surface area contributed by atoms with Crippen molar-refractivity contribution in [2.45, 2.75) is 156 Å². The first-order chi connectivity index (χ1) is 15.0. The lowest BCUT2D eigenvalue weighted by molar-refractivity contribution is -0.139. The van der Waals surface area contributed by atoms with Gasteiger partial charge in [-0.2, -0.15) is 0 Å². The molecule has 32 heavy (non-hydrogen) atoms. The van der Waals surface area contributed by atoms with Gasteiger partial charge < -0.3 is 10.2 Å². The van der Waals surface area contributed by atoms with Gasteiger partial charge in [0.15, 0.2) is 0 Å². The summed E-state index contributed by atoms with van der Waals surface area (Å²) in [6, 6.07) is 0. The summed E-state index contributed by atoms with van der Waals surface area (Å²) in [6.07, 6.45) is 22.9. The zero-order valence-corrected chi connectivity index (χ0v) is 21.9. The molecule has 0 aromatic carbocycles. The Balaban J connectivity index is 3.49. The fraction of sp³-hybridized carbons (Fsp3) is 0.929. The Morgan fingerprint density at radius 3 is 1.12 bits per heavy atom. The average Bonchev–Trinajstić information content (AvgIpc) is 2.66. The van der Waals surface area contributed by atoms with Crippen LogP contribution in [0.4, 0.5) is 0 Å². The summed E-state index contributed by atoms with van der Waals surface area (Å²) in [6.45, 7) is 8.98. The maximum atomic E-state index is 10.9. The molecule has 0 fully saturated rings. The largest absolute Gasteiger partial charge is 0.481 e. The predicted octanol–water partition coefficient (Wildman–Crippen LogP) is 9.01. The van der Waals surface area contributed by atoms with E-state index in [1.165, 1.54) is 89.9 Å². The second-order valence-corrected chi connectivity index (χ2v) is 11.6. The standard InChI is InChI=1S/C28H54O4/c1-27(2,21-17-13-9-7-5-6-8-12-16-20-25(29)30)22-18-14-10-11-15-19-23-28(3,4)24-26(31)32/h5-24H2,1-4H3,(H,29,30)(H,31,32). The second-order valence-electron chi connectivity index (χ2n) is 11.6. The van der Waals surface area contributed by atoms with Crippen molar-refractivity contribution in [3.8, 4) is 0 Å². The van der Waals surface area contributed by atoms with Crippen molar-refractivity contribution in [2.75, 3.05) is 0 Å². The van der Waals surface area contributed by atoms with Gasteiger partial charge >= 0.3 is 11.9 Å². The summed E-state index contributed by atoms with van der Waals surface area (Å²) in [5.74, 6) is -1.35. The monoisotopic (exact) mass is 454 g/mol. The first-order valence-corrected chi connectivity index (χ1v) is 13.5. The van der Waals surface area contributed by atoms with Gasteiger partial charge in [0.2, 0.25) is 0 Å².